The van der Waals surface area contributed by atoms with Gasteiger partial charge in [-0.2, -0.15) is 0 Å². The van der Waals surface area contributed by atoms with E-state index in [9.17, 15) is 14.7 Å². The Balaban J connectivity index is 2.11. The van der Waals surface area contributed by atoms with Crippen LogP contribution in [-0.4, -0.2) is 25.3 Å². The van der Waals surface area contributed by atoms with Crippen LogP contribution >= 0.6 is 0 Å². The van der Waals surface area contributed by atoms with E-state index >= 15 is 0 Å². The fraction of sp³-hybridized carbons (Fsp3) is 0.130. The third-order valence-electron chi connectivity index (χ3n) is 4.78. The number of esters is 1. The number of aromatic hydroxyl groups is 1. The standard InChI is InChI=1S/C23H18O7/c1-27-23(26)16-6-3-13(12-29-28-2)9-19(16)22-17-7-4-14(24)10-20(17)30-21-11-15(25)5-8-18(21)22/h3-11,24H,12H2,1-2H3. The van der Waals surface area contributed by atoms with E-state index in [-0.39, 0.29) is 17.8 Å². The zero-order chi connectivity index (χ0) is 21.3. The highest BCUT2D eigenvalue weighted by Gasteiger charge is 2.22. The Labute approximate surface area is 171 Å². The van der Waals surface area contributed by atoms with Crippen molar-refractivity contribution in [2.45, 2.75) is 6.61 Å². The Kier molecular flexibility index (Phi) is 5.22. The number of fused-ring (bicyclic) bond motifs is 2. The van der Waals surface area contributed by atoms with Gasteiger partial charge in [-0.1, -0.05) is 6.07 Å². The lowest BCUT2D eigenvalue weighted by molar-refractivity contribution is -0.282. The van der Waals surface area contributed by atoms with Crippen molar-refractivity contribution in [3.05, 3.63) is 75.9 Å². The molecule has 1 aliphatic carbocycles. The zero-order valence-electron chi connectivity index (χ0n) is 16.3. The Morgan fingerprint density at radius 3 is 2.60 bits per heavy atom. The lowest BCUT2D eigenvalue weighted by Gasteiger charge is -2.18. The molecule has 0 amide bonds. The average Bonchev–Trinajstić information content (AvgIpc) is 2.75. The van der Waals surface area contributed by atoms with E-state index in [2.05, 4.69) is 4.89 Å². The Hall–Kier alpha value is -3.68. The smallest absolute Gasteiger partial charge is 0.338 e. The summed E-state index contributed by atoms with van der Waals surface area (Å²) in [6, 6.07) is 14.4. The molecule has 30 heavy (non-hydrogen) atoms. The molecule has 0 bridgehead atoms. The van der Waals surface area contributed by atoms with Crippen molar-refractivity contribution in [1.29, 1.82) is 0 Å². The maximum absolute atomic E-state index is 12.5. The molecule has 2 aromatic carbocycles. The molecule has 1 N–H and O–H groups in total. The summed E-state index contributed by atoms with van der Waals surface area (Å²) in [7, 11) is 2.72. The fourth-order valence-electron chi connectivity index (χ4n) is 3.45. The monoisotopic (exact) mass is 406 g/mol. The summed E-state index contributed by atoms with van der Waals surface area (Å²) in [5.74, 6) is -0.152. The summed E-state index contributed by atoms with van der Waals surface area (Å²) in [6.45, 7) is 0.170. The molecule has 1 heterocycles. The normalized spacial score (nSPS) is 11.1. The van der Waals surface area contributed by atoms with Gasteiger partial charge in [0.15, 0.2) is 5.43 Å². The van der Waals surface area contributed by atoms with Gasteiger partial charge in [-0.3, -0.25) is 4.79 Å². The summed E-state index contributed by atoms with van der Waals surface area (Å²) in [5.41, 5.74) is 3.15. The van der Waals surface area contributed by atoms with Crippen LogP contribution < -0.4 is 5.43 Å². The Morgan fingerprint density at radius 2 is 1.83 bits per heavy atom. The van der Waals surface area contributed by atoms with E-state index in [0.717, 1.165) is 5.56 Å². The van der Waals surface area contributed by atoms with Crippen molar-refractivity contribution in [3.63, 3.8) is 0 Å². The van der Waals surface area contributed by atoms with E-state index < -0.39 is 5.97 Å². The van der Waals surface area contributed by atoms with Crippen molar-refractivity contribution >= 4 is 16.9 Å². The van der Waals surface area contributed by atoms with Crippen LogP contribution in [0.3, 0.4) is 0 Å². The molecule has 0 atom stereocenters. The molecule has 1 aliphatic heterocycles. The minimum atomic E-state index is -0.509. The van der Waals surface area contributed by atoms with Gasteiger partial charge in [0, 0.05) is 28.6 Å². The molecule has 4 rings (SSSR count). The minimum Gasteiger partial charge on any atom is -0.508 e. The number of carbonyl (C=O) groups is 1. The van der Waals surface area contributed by atoms with Gasteiger partial charge < -0.3 is 14.3 Å². The highest BCUT2D eigenvalue weighted by Crippen LogP contribution is 2.42. The van der Waals surface area contributed by atoms with Crippen molar-refractivity contribution in [2.24, 2.45) is 0 Å². The highest BCUT2D eigenvalue weighted by molar-refractivity contribution is 6.08. The molecule has 152 valence electrons. The second-order valence-electron chi connectivity index (χ2n) is 6.62. The van der Waals surface area contributed by atoms with Crippen LogP contribution in [0.25, 0.3) is 33.4 Å². The first-order valence-corrected chi connectivity index (χ1v) is 9.08. The molecule has 0 radical (unpaired) electrons. The molecule has 0 saturated heterocycles. The molecule has 0 aromatic heterocycles. The lowest BCUT2D eigenvalue weighted by Crippen LogP contribution is -2.06. The predicted molar refractivity (Wildman–Crippen MR) is 109 cm³/mol. The van der Waals surface area contributed by atoms with Crippen LogP contribution in [0.1, 0.15) is 15.9 Å². The van der Waals surface area contributed by atoms with Crippen LogP contribution in [0, 0.1) is 0 Å². The Morgan fingerprint density at radius 1 is 1.00 bits per heavy atom. The van der Waals surface area contributed by atoms with Gasteiger partial charge in [0.25, 0.3) is 0 Å². The molecule has 0 saturated carbocycles. The topological polar surface area (TPSA) is 95.2 Å². The van der Waals surface area contributed by atoms with Crippen molar-refractivity contribution < 1.29 is 28.8 Å². The number of hydrogen-bond donors (Lipinski definition) is 1. The number of methoxy groups -OCH3 is 1. The number of phenolic OH excluding ortho intramolecular Hbond substituents is 1. The van der Waals surface area contributed by atoms with Crippen LogP contribution in [0.4, 0.5) is 0 Å². The molecule has 2 aromatic rings. The van der Waals surface area contributed by atoms with Crippen LogP contribution in [-0.2, 0) is 21.1 Å². The Bertz CT molecular complexity index is 1270. The second-order valence-corrected chi connectivity index (χ2v) is 6.62. The van der Waals surface area contributed by atoms with E-state index in [1.54, 1.807) is 30.3 Å². The van der Waals surface area contributed by atoms with Gasteiger partial charge in [0.2, 0.25) is 0 Å². The number of rotatable bonds is 5. The van der Waals surface area contributed by atoms with Crippen molar-refractivity contribution in [3.8, 4) is 28.2 Å². The maximum Gasteiger partial charge on any atom is 0.338 e. The lowest BCUT2D eigenvalue weighted by atomic mass is 9.89. The first kappa shape index (κ1) is 19.6. The third-order valence-corrected chi connectivity index (χ3v) is 4.78. The number of ether oxygens (including phenoxy) is 1. The first-order chi connectivity index (χ1) is 14.5. The zero-order valence-corrected chi connectivity index (χ0v) is 16.3. The van der Waals surface area contributed by atoms with Crippen LogP contribution in [0.5, 0.6) is 5.75 Å². The van der Waals surface area contributed by atoms with Gasteiger partial charge in [0.1, 0.15) is 23.7 Å². The summed E-state index contributed by atoms with van der Waals surface area (Å²) < 4.78 is 10.8. The number of carbonyl (C=O) groups excluding carboxylic acids is 1. The van der Waals surface area contributed by atoms with E-state index in [4.69, 9.17) is 14.0 Å². The van der Waals surface area contributed by atoms with E-state index in [0.29, 0.717) is 39.0 Å². The molecule has 0 spiro atoms. The number of benzene rings is 3. The summed E-state index contributed by atoms with van der Waals surface area (Å²) >= 11 is 0. The van der Waals surface area contributed by atoms with Crippen molar-refractivity contribution in [2.75, 3.05) is 14.2 Å². The summed E-state index contributed by atoms with van der Waals surface area (Å²) in [6.07, 6.45) is 0. The van der Waals surface area contributed by atoms with E-state index in [1.165, 1.54) is 38.5 Å². The van der Waals surface area contributed by atoms with Crippen LogP contribution in [0.2, 0.25) is 0 Å². The third kappa shape index (κ3) is 3.52. The quantitative estimate of drug-likeness (QED) is 0.230. The molecule has 2 aliphatic rings. The molecule has 7 nitrogen and oxygen atoms in total. The van der Waals surface area contributed by atoms with Gasteiger partial charge in [0.05, 0.1) is 19.8 Å². The molecule has 0 fully saturated rings. The largest absolute Gasteiger partial charge is 0.508 e. The second kappa shape index (κ2) is 7.98. The molecular weight excluding hydrogens is 388 g/mol. The SMILES string of the molecule is COOCc1ccc(C(=O)OC)c(-c2c3ccc(=O)cc-3oc3cc(O)ccc23)c1. The van der Waals surface area contributed by atoms with E-state index in [1.807, 2.05) is 0 Å². The molecule has 7 heteroatoms. The number of phenols is 1. The molecular formula is C23H18O7. The summed E-state index contributed by atoms with van der Waals surface area (Å²) in [5, 5.41) is 10.6. The first-order valence-electron chi connectivity index (χ1n) is 9.08. The van der Waals surface area contributed by atoms with Gasteiger partial charge in [-0.15, -0.1) is 0 Å². The predicted octanol–water partition coefficient (Wildman–Crippen LogP) is 4.14. The highest BCUT2D eigenvalue weighted by atomic mass is 17.2. The maximum atomic E-state index is 12.5. The molecule has 0 unspecified atom stereocenters. The van der Waals surface area contributed by atoms with Gasteiger partial charge >= 0.3 is 5.97 Å². The van der Waals surface area contributed by atoms with Crippen LogP contribution in [0.15, 0.2) is 63.8 Å². The number of hydrogen-bond acceptors (Lipinski definition) is 7. The average molecular weight is 406 g/mol. The fourth-order valence-corrected chi connectivity index (χ4v) is 3.45. The van der Waals surface area contributed by atoms with Crippen molar-refractivity contribution in [1.82, 2.24) is 0 Å². The summed E-state index contributed by atoms with van der Waals surface area (Å²) in [4.78, 5) is 34.2. The van der Waals surface area contributed by atoms with Gasteiger partial charge in [-0.05, 0) is 47.5 Å². The minimum absolute atomic E-state index is 0.0188. The van der Waals surface area contributed by atoms with Gasteiger partial charge in [-0.25, -0.2) is 14.6 Å².